The third-order valence-electron chi connectivity index (χ3n) is 6.58. The molecule has 3 aliphatic heterocycles. The molecule has 32 heavy (non-hydrogen) atoms. The topological polar surface area (TPSA) is 65.3 Å². The first-order chi connectivity index (χ1) is 15.8. The molecule has 7 nitrogen and oxygen atoms in total. The van der Waals surface area contributed by atoms with Crippen molar-refractivity contribution < 1.29 is 4.74 Å². The highest BCUT2D eigenvalue weighted by molar-refractivity contribution is 5.64. The maximum atomic E-state index is 5.47. The Bertz CT molecular complexity index is 1060. The van der Waals surface area contributed by atoms with E-state index in [2.05, 4.69) is 52.0 Å². The van der Waals surface area contributed by atoms with Crippen LogP contribution in [0.4, 0.5) is 11.5 Å². The minimum Gasteiger partial charge on any atom is -0.378 e. The second-order valence-electron chi connectivity index (χ2n) is 8.58. The molecule has 0 spiro atoms. The number of morpholine rings is 1. The lowest BCUT2D eigenvalue weighted by Gasteiger charge is -2.34. The number of rotatable bonds is 6. The molecule has 7 heteroatoms. The molecule has 2 saturated heterocycles. The average molecular weight is 433 g/mol. The van der Waals surface area contributed by atoms with Gasteiger partial charge in [-0.25, -0.2) is 4.98 Å². The molecule has 1 aromatic carbocycles. The van der Waals surface area contributed by atoms with E-state index in [9.17, 15) is 0 Å². The summed E-state index contributed by atoms with van der Waals surface area (Å²) in [5, 5.41) is 5.43. The Morgan fingerprint density at radius 1 is 1.06 bits per heavy atom. The summed E-state index contributed by atoms with van der Waals surface area (Å²) < 4.78 is 5.47. The Balaban J connectivity index is 1.41. The third kappa shape index (κ3) is 4.48. The van der Waals surface area contributed by atoms with E-state index in [1.54, 1.807) is 0 Å². The predicted octanol–water partition coefficient (Wildman–Crippen LogP) is 2.25. The Kier molecular flexibility index (Phi) is 6.34. The number of likely N-dealkylation sites (tertiary alicyclic amines) is 1. The van der Waals surface area contributed by atoms with Crippen molar-refractivity contribution in [2.45, 2.75) is 25.3 Å². The van der Waals surface area contributed by atoms with Gasteiger partial charge in [0.15, 0.2) is 5.82 Å². The van der Waals surface area contributed by atoms with Crippen LogP contribution in [-0.4, -0.2) is 68.4 Å². The highest BCUT2D eigenvalue weighted by Gasteiger charge is 2.20. The fraction of sp³-hybridized carbons (Fsp3) is 0.480. The zero-order valence-corrected chi connectivity index (χ0v) is 18.7. The molecular formula is C25H32N6O. The molecule has 1 unspecified atom stereocenters. The van der Waals surface area contributed by atoms with Gasteiger partial charge in [-0.1, -0.05) is 18.7 Å². The van der Waals surface area contributed by atoms with E-state index >= 15 is 0 Å². The first kappa shape index (κ1) is 20.9. The van der Waals surface area contributed by atoms with Crippen molar-refractivity contribution in [1.82, 2.24) is 9.88 Å². The summed E-state index contributed by atoms with van der Waals surface area (Å²) in [4.78, 5) is 19.2. The van der Waals surface area contributed by atoms with Gasteiger partial charge >= 0.3 is 0 Å². The molecule has 0 amide bonds. The normalized spacial score (nSPS) is 20.7. The molecule has 0 bridgehead atoms. The van der Waals surface area contributed by atoms with E-state index in [-0.39, 0.29) is 0 Å². The second-order valence-corrected chi connectivity index (χ2v) is 8.58. The zero-order valence-electron chi connectivity index (χ0n) is 18.7. The van der Waals surface area contributed by atoms with Crippen molar-refractivity contribution in [3.05, 3.63) is 53.8 Å². The average Bonchev–Trinajstić information content (AvgIpc) is 2.88. The van der Waals surface area contributed by atoms with Crippen LogP contribution in [-0.2, 0) is 4.74 Å². The lowest BCUT2D eigenvalue weighted by atomic mass is 10.0. The summed E-state index contributed by atoms with van der Waals surface area (Å²) in [5.74, 6) is 0.841. The van der Waals surface area contributed by atoms with Crippen LogP contribution in [0.5, 0.6) is 0 Å². The van der Waals surface area contributed by atoms with Crippen LogP contribution in [0.1, 0.15) is 19.3 Å². The Morgan fingerprint density at radius 2 is 1.88 bits per heavy atom. The van der Waals surface area contributed by atoms with Crippen molar-refractivity contribution in [1.29, 1.82) is 0 Å². The van der Waals surface area contributed by atoms with Gasteiger partial charge in [0.05, 0.1) is 37.4 Å². The molecule has 2 aromatic rings. The largest absolute Gasteiger partial charge is 0.378 e. The molecule has 0 radical (unpaired) electrons. The molecular weight excluding hydrogens is 400 g/mol. The van der Waals surface area contributed by atoms with Crippen LogP contribution in [0.3, 0.4) is 0 Å². The van der Waals surface area contributed by atoms with Crippen LogP contribution in [0, 0.1) is 0 Å². The smallest absolute Gasteiger partial charge is 0.154 e. The highest BCUT2D eigenvalue weighted by Crippen LogP contribution is 2.23. The van der Waals surface area contributed by atoms with E-state index in [4.69, 9.17) is 19.7 Å². The maximum Gasteiger partial charge on any atom is 0.154 e. The third-order valence-corrected chi connectivity index (χ3v) is 6.58. The van der Waals surface area contributed by atoms with Gasteiger partial charge in [-0.15, -0.1) is 0 Å². The second kappa shape index (κ2) is 9.69. The van der Waals surface area contributed by atoms with E-state index in [0.29, 0.717) is 6.04 Å². The van der Waals surface area contributed by atoms with E-state index in [1.165, 1.54) is 24.9 Å². The molecule has 0 saturated carbocycles. The summed E-state index contributed by atoms with van der Waals surface area (Å²) in [6.45, 7) is 10.8. The van der Waals surface area contributed by atoms with Crippen LogP contribution in [0.25, 0.3) is 11.3 Å². The molecule has 1 atom stereocenters. The number of aromatic nitrogens is 1. The Labute approximate surface area is 189 Å². The van der Waals surface area contributed by atoms with Crippen molar-refractivity contribution in [3.8, 4) is 11.3 Å². The molecule has 1 aromatic heterocycles. The minimum absolute atomic E-state index is 0.440. The van der Waals surface area contributed by atoms with Crippen LogP contribution < -0.4 is 20.9 Å². The summed E-state index contributed by atoms with van der Waals surface area (Å²) in [7, 11) is 0. The maximum absolute atomic E-state index is 5.47. The highest BCUT2D eigenvalue weighted by atomic mass is 16.5. The number of ether oxygens (including phenoxy) is 1. The lowest BCUT2D eigenvalue weighted by Crippen LogP contribution is -2.42. The fourth-order valence-corrected chi connectivity index (χ4v) is 4.77. The van der Waals surface area contributed by atoms with Gasteiger partial charge < -0.3 is 19.9 Å². The monoisotopic (exact) mass is 432 g/mol. The molecule has 5 rings (SSSR count). The van der Waals surface area contributed by atoms with Gasteiger partial charge in [-0.3, -0.25) is 9.98 Å². The Hall–Kier alpha value is -2.93. The SMILES string of the molecule is C=CN1CCCCC1CNc1nc(-c2ccc(N3CCOCC3)cc2)cc2c1=NCCN=2. The first-order valence-electron chi connectivity index (χ1n) is 11.8. The van der Waals surface area contributed by atoms with Gasteiger partial charge in [-0.05, 0) is 43.7 Å². The summed E-state index contributed by atoms with van der Waals surface area (Å²) in [5.41, 5.74) is 3.26. The van der Waals surface area contributed by atoms with Gasteiger partial charge in [0, 0.05) is 43.5 Å². The summed E-state index contributed by atoms with van der Waals surface area (Å²) in [6, 6.07) is 11.2. The van der Waals surface area contributed by atoms with Gasteiger partial charge in [0.25, 0.3) is 0 Å². The van der Waals surface area contributed by atoms with Gasteiger partial charge in [0.1, 0.15) is 5.36 Å². The van der Waals surface area contributed by atoms with Crippen molar-refractivity contribution >= 4 is 11.5 Å². The molecule has 0 aliphatic carbocycles. The number of piperidine rings is 1. The molecule has 3 aliphatic rings. The van der Waals surface area contributed by atoms with E-state index < -0.39 is 0 Å². The molecule has 168 valence electrons. The number of hydrogen-bond acceptors (Lipinski definition) is 7. The number of nitrogens with one attached hydrogen (secondary N) is 1. The van der Waals surface area contributed by atoms with Crippen LogP contribution in [0.15, 0.2) is 53.1 Å². The quantitative estimate of drug-likeness (QED) is 0.759. The van der Waals surface area contributed by atoms with Crippen molar-refractivity contribution in [2.75, 3.05) is 62.7 Å². The predicted molar refractivity (Wildman–Crippen MR) is 128 cm³/mol. The van der Waals surface area contributed by atoms with Crippen LogP contribution in [0.2, 0.25) is 0 Å². The molecule has 1 N–H and O–H groups in total. The summed E-state index contributed by atoms with van der Waals surface area (Å²) >= 11 is 0. The zero-order chi connectivity index (χ0) is 21.8. The number of benzene rings is 1. The van der Waals surface area contributed by atoms with Crippen molar-refractivity contribution in [3.63, 3.8) is 0 Å². The van der Waals surface area contributed by atoms with Crippen molar-refractivity contribution in [2.24, 2.45) is 9.98 Å². The van der Waals surface area contributed by atoms with Gasteiger partial charge in [0.2, 0.25) is 0 Å². The van der Waals surface area contributed by atoms with Crippen LogP contribution >= 0.6 is 0 Å². The number of anilines is 2. The van der Waals surface area contributed by atoms with E-state index in [1.807, 2.05) is 6.20 Å². The number of hydrogen-bond donors (Lipinski definition) is 1. The number of pyridine rings is 1. The first-order valence-corrected chi connectivity index (χ1v) is 11.8. The van der Waals surface area contributed by atoms with Gasteiger partial charge in [-0.2, -0.15) is 0 Å². The standard InChI is InChI=1S/C25H32N6O/c1-2-30-12-4-3-5-21(30)18-28-25-24-23(26-10-11-27-24)17-22(29-25)19-6-8-20(9-7-19)31-13-15-32-16-14-31/h2,6-9,17,21H,1,3-5,10-16,18H2,(H,28,29). The number of nitrogens with zero attached hydrogens (tertiary/aromatic N) is 5. The minimum atomic E-state index is 0.440. The molecule has 4 heterocycles. The Morgan fingerprint density at radius 3 is 2.69 bits per heavy atom. The lowest BCUT2D eigenvalue weighted by molar-refractivity contribution is 0.122. The fourth-order valence-electron chi connectivity index (χ4n) is 4.77. The number of fused-ring (bicyclic) bond motifs is 1. The summed E-state index contributed by atoms with van der Waals surface area (Å²) in [6.07, 6.45) is 5.64. The van der Waals surface area contributed by atoms with E-state index in [0.717, 1.165) is 80.3 Å². The molecule has 2 fully saturated rings.